The van der Waals surface area contributed by atoms with Crippen molar-refractivity contribution in [2.75, 3.05) is 0 Å². The van der Waals surface area contributed by atoms with Gasteiger partial charge in [-0.1, -0.05) is 45.9 Å². The van der Waals surface area contributed by atoms with Crippen LogP contribution < -0.4 is 0 Å². The number of thiocarbonyl (C=S) groups is 1. The third-order valence-electron chi connectivity index (χ3n) is 2.16. The van der Waals surface area contributed by atoms with Crippen molar-refractivity contribution in [3.05, 3.63) is 29.8 Å². The van der Waals surface area contributed by atoms with E-state index in [1.54, 1.807) is 12.1 Å². The Morgan fingerprint density at radius 3 is 2.57 bits per heavy atom. The molecule has 74 valence electrons. The highest BCUT2D eigenvalue weighted by atomic mass is 33.1. The molecule has 0 amide bonds. The van der Waals surface area contributed by atoms with Gasteiger partial charge in [0.1, 0.15) is 5.75 Å². The quantitative estimate of drug-likeness (QED) is 0.631. The van der Waals surface area contributed by atoms with E-state index in [1.807, 2.05) is 39.1 Å². The number of phenolic OH excluding ortho intramolecular Hbond substituents is 1. The molecule has 1 saturated heterocycles. The number of benzene rings is 1. The molecule has 0 aromatic heterocycles. The monoisotopic (exact) mass is 242 g/mol. The lowest BCUT2D eigenvalue weighted by atomic mass is 10.1. The molecule has 4 heteroatoms. The second-order valence-corrected chi connectivity index (χ2v) is 6.17. The van der Waals surface area contributed by atoms with E-state index in [0.717, 1.165) is 6.42 Å². The number of phenols is 1. The Kier molecular flexibility index (Phi) is 3.36. The van der Waals surface area contributed by atoms with Crippen molar-refractivity contribution in [2.45, 2.75) is 16.9 Å². The number of hydrogen-bond donors (Lipinski definition) is 1. The van der Waals surface area contributed by atoms with Crippen LogP contribution in [0.2, 0.25) is 0 Å². The molecule has 1 heterocycles. The molecule has 0 saturated carbocycles. The van der Waals surface area contributed by atoms with Gasteiger partial charge in [0.15, 0.2) is 0 Å². The van der Waals surface area contributed by atoms with Gasteiger partial charge in [-0.15, -0.1) is 0 Å². The maximum absolute atomic E-state index is 9.16. The molecule has 1 aliphatic heterocycles. The largest absolute Gasteiger partial charge is 0.508 e. The second kappa shape index (κ2) is 4.55. The smallest absolute Gasteiger partial charge is 0.115 e. The van der Waals surface area contributed by atoms with E-state index in [-0.39, 0.29) is 0 Å². The van der Waals surface area contributed by atoms with Crippen molar-refractivity contribution in [2.24, 2.45) is 0 Å². The van der Waals surface area contributed by atoms with Gasteiger partial charge in [-0.2, -0.15) is 0 Å². The lowest BCUT2D eigenvalue weighted by molar-refractivity contribution is 0.475. The summed E-state index contributed by atoms with van der Waals surface area (Å²) in [5.74, 6) is 0.329. The van der Waals surface area contributed by atoms with Crippen molar-refractivity contribution in [3.8, 4) is 5.75 Å². The van der Waals surface area contributed by atoms with Crippen molar-refractivity contribution >= 4 is 39.2 Å². The average molecular weight is 242 g/mol. The van der Waals surface area contributed by atoms with Crippen LogP contribution in [-0.2, 0) is 0 Å². The van der Waals surface area contributed by atoms with Crippen LogP contribution in [0.3, 0.4) is 0 Å². The normalized spacial score (nSPS) is 26.3. The summed E-state index contributed by atoms with van der Waals surface area (Å²) in [6.07, 6.45) is 1.10. The molecule has 0 radical (unpaired) electrons. The molecule has 2 atom stereocenters. The highest BCUT2D eigenvalue weighted by Crippen LogP contribution is 2.51. The highest BCUT2D eigenvalue weighted by Gasteiger charge is 2.25. The number of hydrogen-bond acceptors (Lipinski definition) is 4. The standard InChI is InChI=1S/C10H10OS3/c11-8-3-1-7(2-4-8)10-5-9(6-12)13-14-10/h1-4,6,9-11H,5H2. The van der Waals surface area contributed by atoms with Gasteiger partial charge in [0.2, 0.25) is 0 Å². The van der Waals surface area contributed by atoms with E-state index in [4.69, 9.17) is 17.3 Å². The summed E-state index contributed by atoms with van der Waals surface area (Å²) in [5.41, 5.74) is 1.28. The van der Waals surface area contributed by atoms with Crippen LogP contribution in [0.5, 0.6) is 5.75 Å². The van der Waals surface area contributed by atoms with E-state index in [0.29, 0.717) is 16.2 Å². The zero-order valence-corrected chi connectivity index (χ0v) is 9.87. The van der Waals surface area contributed by atoms with Crippen LogP contribution >= 0.6 is 33.8 Å². The summed E-state index contributed by atoms with van der Waals surface area (Å²) in [7, 11) is 3.72. The highest BCUT2D eigenvalue weighted by molar-refractivity contribution is 8.77. The van der Waals surface area contributed by atoms with Crippen LogP contribution in [0.25, 0.3) is 0 Å². The molecular formula is C10H10OS3. The van der Waals surface area contributed by atoms with Gasteiger partial charge in [-0.25, -0.2) is 0 Å². The molecule has 14 heavy (non-hydrogen) atoms. The fraction of sp³-hybridized carbons (Fsp3) is 0.300. The minimum absolute atomic E-state index is 0.329. The molecule has 1 aromatic carbocycles. The first kappa shape index (κ1) is 10.3. The second-order valence-electron chi connectivity index (χ2n) is 3.18. The SMILES string of the molecule is Oc1ccc(C2CC(C=S)SS2)cc1. The lowest BCUT2D eigenvalue weighted by Crippen LogP contribution is -1.98. The fourth-order valence-electron chi connectivity index (χ4n) is 1.39. The first-order chi connectivity index (χ1) is 6.79. The summed E-state index contributed by atoms with van der Waals surface area (Å²) in [4.78, 5) is 0. The zero-order chi connectivity index (χ0) is 9.97. The average Bonchev–Trinajstić information content (AvgIpc) is 2.67. The third-order valence-corrected chi connectivity index (χ3v) is 5.81. The Labute approximate surface area is 96.7 Å². The van der Waals surface area contributed by atoms with Crippen molar-refractivity contribution in [3.63, 3.8) is 0 Å². The molecule has 0 bridgehead atoms. The maximum atomic E-state index is 9.16. The minimum Gasteiger partial charge on any atom is -0.508 e. The molecule has 1 fully saturated rings. The van der Waals surface area contributed by atoms with Gasteiger partial charge in [0.05, 0.1) is 0 Å². The van der Waals surface area contributed by atoms with Crippen LogP contribution in [0, 0.1) is 0 Å². The van der Waals surface area contributed by atoms with Crippen LogP contribution in [0.4, 0.5) is 0 Å². The molecule has 0 spiro atoms. The van der Waals surface area contributed by atoms with E-state index in [2.05, 4.69) is 0 Å². The van der Waals surface area contributed by atoms with Crippen LogP contribution in [-0.4, -0.2) is 15.7 Å². The maximum Gasteiger partial charge on any atom is 0.115 e. The molecule has 1 nitrogen and oxygen atoms in total. The predicted molar refractivity (Wildman–Crippen MR) is 68.1 cm³/mol. The summed E-state index contributed by atoms with van der Waals surface area (Å²) >= 11 is 4.94. The van der Waals surface area contributed by atoms with Gasteiger partial charge >= 0.3 is 0 Å². The Morgan fingerprint density at radius 1 is 1.29 bits per heavy atom. The van der Waals surface area contributed by atoms with Crippen molar-refractivity contribution in [1.82, 2.24) is 0 Å². The minimum atomic E-state index is 0.329. The van der Waals surface area contributed by atoms with Crippen molar-refractivity contribution in [1.29, 1.82) is 0 Å². The molecule has 2 rings (SSSR count). The first-order valence-electron chi connectivity index (χ1n) is 4.36. The number of rotatable bonds is 2. The Balaban J connectivity index is 2.09. The molecule has 1 aromatic rings. The van der Waals surface area contributed by atoms with Gasteiger partial charge in [-0.05, 0) is 29.5 Å². The van der Waals surface area contributed by atoms with E-state index < -0.39 is 0 Å². The van der Waals surface area contributed by atoms with Crippen molar-refractivity contribution < 1.29 is 5.11 Å². The van der Waals surface area contributed by atoms with E-state index in [1.165, 1.54) is 5.56 Å². The molecule has 0 aliphatic carbocycles. The molecule has 2 unspecified atom stereocenters. The summed E-state index contributed by atoms with van der Waals surface area (Å²) in [6, 6.07) is 7.45. The fourth-order valence-corrected chi connectivity index (χ4v) is 4.95. The molecule has 1 N–H and O–H groups in total. The zero-order valence-electron chi connectivity index (χ0n) is 7.42. The van der Waals surface area contributed by atoms with Gasteiger partial charge in [-0.3, -0.25) is 0 Å². The molecular weight excluding hydrogens is 232 g/mol. The van der Waals surface area contributed by atoms with E-state index >= 15 is 0 Å². The summed E-state index contributed by atoms with van der Waals surface area (Å²) < 4.78 is 0. The van der Waals surface area contributed by atoms with Gasteiger partial charge in [0.25, 0.3) is 0 Å². The summed E-state index contributed by atoms with van der Waals surface area (Å²) in [6.45, 7) is 0. The topological polar surface area (TPSA) is 20.2 Å². The Hall–Kier alpha value is -0.190. The van der Waals surface area contributed by atoms with Crippen LogP contribution in [0.1, 0.15) is 17.2 Å². The molecule has 1 aliphatic rings. The number of aromatic hydroxyl groups is 1. The van der Waals surface area contributed by atoms with Gasteiger partial charge < -0.3 is 5.11 Å². The van der Waals surface area contributed by atoms with E-state index in [9.17, 15) is 0 Å². The third kappa shape index (κ3) is 2.24. The summed E-state index contributed by atoms with van der Waals surface area (Å²) in [5, 5.41) is 12.0. The first-order valence-corrected chi connectivity index (χ1v) is 7.10. The Bertz CT molecular complexity index is 323. The van der Waals surface area contributed by atoms with Gasteiger partial charge in [0, 0.05) is 10.5 Å². The lowest BCUT2D eigenvalue weighted by Gasteiger charge is -2.07. The van der Waals surface area contributed by atoms with Crippen LogP contribution in [0.15, 0.2) is 24.3 Å². The Morgan fingerprint density at radius 2 is 2.00 bits per heavy atom. The predicted octanol–water partition coefficient (Wildman–Crippen LogP) is 3.59.